The molecule has 5 aromatic rings. The second kappa shape index (κ2) is 10.4. The van der Waals surface area contributed by atoms with Crippen molar-refractivity contribution in [3.8, 4) is 22.8 Å². The van der Waals surface area contributed by atoms with Crippen LogP contribution in [0.2, 0.25) is 0 Å². The highest BCUT2D eigenvalue weighted by Gasteiger charge is 2.42. The molecule has 1 saturated heterocycles. The number of nitrogens with zero attached hydrogens (tertiary/aromatic N) is 2. The van der Waals surface area contributed by atoms with Crippen molar-refractivity contribution in [3.63, 3.8) is 0 Å². The molecule has 3 aromatic carbocycles. The Balaban J connectivity index is 1.37. The number of nitrogens with one attached hydrogen (secondary N) is 1. The minimum Gasteiger partial charge on any atom is -0.459 e. The highest BCUT2D eigenvalue weighted by molar-refractivity contribution is 9.10. The quantitative estimate of drug-likeness (QED) is 0.203. The molecule has 0 radical (unpaired) electrons. The van der Waals surface area contributed by atoms with Gasteiger partial charge in [0.15, 0.2) is 5.11 Å². The maximum absolute atomic E-state index is 13.7. The summed E-state index contributed by atoms with van der Waals surface area (Å²) in [6.07, 6.45) is 1.76. The number of rotatable bonds is 6. The Morgan fingerprint density at radius 2 is 1.66 bits per heavy atom. The summed E-state index contributed by atoms with van der Waals surface area (Å²) in [5.41, 5.74) is 2.48. The van der Waals surface area contributed by atoms with Crippen LogP contribution in [0.15, 0.2) is 118 Å². The van der Waals surface area contributed by atoms with E-state index < -0.39 is 0 Å². The van der Waals surface area contributed by atoms with E-state index in [9.17, 15) is 4.39 Å². The summed E-state index contributed by atoms with van der Waals surface area (Å²) in [7, 11) is 0. The van der Waals surface area contributed by atoms with Crippen molar-refractivity contribution in [1.29, 1.82) is 0 Å². The van der Waals surface area contributed by atoms with Crippen molar-refractivity contribution in [2.75, 3.05) is 4.90 Å². The summed E-state index contributed by atoms with van der Waals surface area (Å²) < 4.78 is 26.6. The van der Waals surface area contributed by atoms with Crippen LogP contribution >= 0.6 is 28.1 Å². The van der Waals surface area contributed by atoms with E-state index in [2.05, 4.69) is 26.2 Å². The van der Waals surface area contributed by atoms with Gasteiger partial charge in [0.25, 0.3) is 0 Å². The van der Waals surface area contributed by atoms with Crippen LogP contribution in [-0.2, 0) is 0 Å². The zero-order chi connectivity index (χ0) is 26.1. The summed E-state index contributed by atoms with van der Waals surface area (Å²) in [4.78, 5) is 6.62. The van der Waals surface area contributed by atoms with Crippen molar-refractivity contribution in [1.82, 2.24) is 10.3 Å². The van der Waals surface area contributed by atoms with Crippen LogP contribution in [0, 0.1) is 5.82 Å². The Morgan fingerprint density at radius 1 is 0.895 bits per heavy atom. The number of ether oxygens (including phenoxy) is 1. The average Bonchev–Trinajstić information content (AvgIpc) is 3.55. The van der Waals surface area contributed by atoms with Gasteiger partial charge in [-0.3, -0.25) is 4.98 Å². The van der Waals surface area contributed by atoms with Crippen LogP contribution in [0.5, 0.6) is 11.5 Å². The van der Waals surface area contributed by atoms with E-state index in [0.29, 0.717) is 21.1 Å². The average molecular weight is 586 g/mol. The molecule has 2 aromatic heterocycles. The lowest BCUT2D eigenvalue weighted by Crippen LogP contribution is -2.29. The van der Waals surface area contributed by atoms with Gasteiger partial charge in [0, 0.05) is 21.9 Å². The second-order valence-electron chi connectivity index (χ2n) is 8.73. The number of hydrogen-bond acceptors (Lipinski definition) is 4. The first-order valence-electron chi connectivity index (χ1n) is 12.0. The van der Waals surface area contributed by atoms with Crippen LogP contribution in [-0.4, -0.2) is 10.1 Å². The van der Waals surface area contributed by atoms with Crippen molar-refractivity contribution in [2.45, 2.75) is 12.1 Å². The lowest BCUT2D eigenvalue weighted by molar-refractivity contribution is 0.439. The van der Waals surface area contributed by atoms with Gasteiger partial charge in [-0.1, -0.05) is 24.3 Å². The number of aromatic nitrogens is 1. The molecule has 0 aliphatic carbocycles. The monoisotopic (exact) mass is 585 g/mol. The molecular weight excluding hydrogens is 565 g/mol. The third-order valence-electron chi connectivity index (χ3n) is 6.31. The van der Waals surface area contributed by atoms with Crippen molar-refractivity contribution in [3.05, 3.63) is 131 Å². The molecule has 0 amide bonds. The van der Waals surface area contributed by atoms with Crippen molar-refractivity contribution in [2.24, 2.45) is 0 Å². The van der Waals surface area contributed by atoms with Crippen LogP contribution in [0.25, 0.3) is 11.3 Å². The lowest BCUT2D eigenvalue weighted by atomic mass is 10.0. The maximum Gasteiger partial charge on any atom is 0.174 e. The number of thiocarbonyl (C=S) groups is 1. The summed E-state index contributed by atoms with van der Waals surface area (Å²) in [5.74, 6) is 2.48. The van der Waals surface area contributed by atoms with Crippen LogP contribution in [0.4, 0.5) is 10.1 Å². The topological polar surface area (TPSA) is 50.5 Å². The van der Waals surface area contributed by atoms with E-state index in [1.807, 2.05) is 89.8 Å². The first-order chi connectivity index (χ1) is 18.6. The summed E-state index contributed by atoms with van der Waals surface area (Å²) in [5, 5.41) is 3.99. The minimum atomic E-state index is -0.321. The van der Waals surface area contributed by atoms with Crippen molar-refractivity contribution >= 4 is 38.9 Å². The van der Waals surface area contributed by atoms with Gasteiger partial charge >= 0.3 is 0 Å². The molecule has 3 heterocycles. The highest BCUT2D eigenvalue weighted by atomic mass is 79.9. The number of pyridine rings is 1. The van der Waals surface area contributed by atoms with Gasteiger partial charge in [-0.2, -0.15) is 0 Å². The number of hydrogen-bond donors (Lipinski definition) is 1. The Morgan fingerprint density at radius 3 is 2.39 bits per heavy atom. The number of halogens is 2. The third-order valence-corrected chi connectivity index (χ3v) is 7.28. The summed E-state index contributed by atoms with van der Waals surface area (Å²) in [6, 6.07) is 31.0. The fourth-order valence-corrected chi connectivity index (χ4v) is 5.46. The molecule has 5 nitrogen and oxygen atoms in total. The van der Waals surface area contributed by atoms with Gasteiger partial charge < -0.3 is 19.4 Å². The first-order valence-corrected chi connectivity index (χ1v) is 13.2. The molecule has 0 spiro atoms. The van der Waals surface area contributed by atoms with Gasteiger partial charge in [-0.25, -0.2) is 4.39 Å². The Labute approximate surface area is 233 Å². The Bertz CT molecular complexity index is 1580. The minimum absolute atomic E-state index is 0.250. The molecule has 1 aliphatic rings. The van der Waals surface area contributed by atoms with Crippen molar-refractivity contribution < 1.29 is 13.5 Å². The fourth-order valence-electron chi connectivity index (χ4n) is 4.57. The SMILES string of the molecule is Fc1ccc(-c2ccc([C@H]3[C@@H](c4ccccn4)NC(=S)N3c3ccc(Oc4ccccc4)cc3)o2)c(Br)c1. The molecule has 2 atom stereocenters. The van der Waals surface area contributed by atoms with Gasteiger partial charge in [0.1, 0.15) is 34.9 Å². The van der Waals surface area contributed by atoms with Gasteiger partial charge in [0.05, 0.1) is 11.7 Å². The molecule has 188 valence electrons. The zero-order valence-corrected chi connectivity index (χ0v) is 22.3. The summed E-state index contributed by atoms with van der Waals surface area (Å²) >= 11 is 9.26. The zero-order valence-electron chi connectivity index (χ0n) is 19.9. The highest BCUT2D eigenvalue weighted by Crippen LogP contribution is 2.44. The molecule has 0 saturated carbocycles. The summed E-state index contributed by atoms with van der Waals surface area (Å²) in [6.45, 7) is 0. The van der Waals surface area contributed by atoms with E-state index >= 15 is 0 Å². The molecule has 0 bridgehead atoms. The molecule has 0 unspecified atom stereocenters. The smallest absolute Gasteiger partial charge is 0.174 e. The predicted octanol–water partition coefficient (Wildman–Crippen LogP) is 8.21. The fraction of sp³-hybridized carbons (Fsp3) is 0.0667. The largest absolute Gasteiger partial charge is 0.459 e. The van der Waals surface area contributed by atoms with E-state index in [4.69, 9.17) is 21.4 Å². The van der Waals surface area contributed by atoms with E-state index in [1.165, 1.54) is 12.1 Å². The van der Waals surface area contributed by atoms with E-state index in [1.54, 1.807) is 12.3 Å². The van der Waals surface area contributed by atoms with Gasteiger partial charge in [-0.15, -0.1) is 0 Å². The second-order valence-corrected chi connectivity index (χ2v) is 9.97. The normalized spacial score (nSPS) is 16.9. The molecule has 1 fully saturated rings. The lowest BCUT2D eigenvalue weighted by Gasteiger charge is -2.26. The Hall–Kier alpha value is -4.01. The third kappa shape index (κ3) is 4.80. The predicted molar refractivity (Wildman–Crippen MR) is 153 cm³/mol. The van der Waals surface area contributed by atoms with Crippen LogP contribution < -0.4 is 15.0 Å². The number of para-hydroxylation sites is 1. The molecular formula is C30H21BrFN3O2S. The molecule has 1 aliphatic heterocycles. The van der Waals surface area contributed by atoms with E-state index in [0.717, 1.165) is 28.4 Å². The van der Waals surface area contributed by atoms with E-state index in [-0.39, 0.29) is 17.9 Å². The first kappa shape index (κ1) is 24.3. The van der Waals surface area contributed by atoms with Gasteiger partial charge in [0.2, 0.25) is 0 Å². The number of furan rings is 1. The van der Waals surface area contributed by atoms with Crippen LogP contribution in [0.1, 0.15) is 23.5 Å². The Kier molecular flexibility index (Phi) is 6.66. The molecule has 38 heavy (non-hydrogen) atoms. The molecule has 6 rings (SSSR count). The molecule has 1 N–H and O–H groups in total. The van der Waals surface area contributed by atoms with Crippen LogP contribution in [0.3, 0.4) is 0 Å². The molecule has 8 heteroatoms. The maximum atomic E-state index is 13.7. The number of anilines is 1. The van der Waals surface area contributed by atoms with Gasteiger partial charge in [-0.05, 0) is 107 Å². The number of benzene rings is 3. The standard InChI is InChI=1S/C30H21BrFN3O2S/c31-24-18-19(32)9-14-23(24)26-15-16-27(37-26)29-28(25-8-4-5-17-33-25)34-30(38)35(29)20-10-12-22(13-11-20)36-21-6-2-1-3-7-21/h1-18,28-29H,(H,34,38)/t28-,29+/m1/s1.